The van der Waals surface area contributed by atoms with Crippen molar-refractivity contribution in [2.24, 2.45) is 0 Å². The molecule has 1 aromatic rings. The van der Waals surface area contributed by atoms with Crippen LogP contribution in [0.5, 0.6) is 0 Å². The number of nitrogens with zero attached hydrogens (tertiary/aromatic N) is 1. The lowest BCUT2D eigenvalue weighted by Gasteiger charge is -2.22. The molecule has 0 spiro atoms. The lowest BCUT2D eigenvalue weighted by molar-refractivity contribution is -0.184. The molecule has 1 heterocycles. The molecule has 0 aliphatic carbocycles. The molecule has 0 saturated heterocycles. The van der Waals surface area contributed by atoms with E-state index in [2.05, 4.69) is 0 Å². The number of hydrogen-bond donors (Lipinski definition) is 0. The van der Waals surface area contributed by atoms with Crippen LogP contribution in [0.25, 0.3) is 0 Å². The van der Waals surface area contributed by atoms with Crippen molar-refractivity contribution in [2.75, 3.05) is 0 Å². The van der Waals surface area contributed by atoms with Crippen LogP contribution in [0, 0.1) is 6.20 Å². The van der Waals surface area contributed by atoms with Crippen molar-refractivity contribution in [3.8, 4) is 0 Å². The van der Waals surface area contributed by atoms with Crippen molar-refractivity contribution in [1.82, 2.24) is 4.98 Å². The standard InChI is InChI=1S/C9F12N/c10-6(11,12)2-1-22-5(9(19,20)21)4(8(16,17)18)3(2)7(13,14)15. The highest BCUT2D eigenvalue weighted by molar-refractivity contribution is 5.42. The molecule has 0 unspecified atom stereocenters. The fourth-order valence-corrected chi connectivity index (χ4v) is 1.44. The van der Waals surface area contributed by atoms with Crippen LogP contribution in [0.3, 0.4) is 0 Å². The number of rotatable bonds is 0. The van der Waals surface area contributed by atoms with Crippen LogP contribution in [0.15, 0.2) is 0 Å². The fraction of sp³-hybridized carbons (Fsp3) is 0.444. The smallest absolute Gasteiger partial charge is 0.240 e. The van der Waals surface area contributed by atoms with Crippen LogP contribution in [0.4, 0.5) is 52.7 Å². The Balaban J connectivity index is 4.02. The van der Waals surface area contributed by atoms with Crippen LogP contribution in [-0.4, -0.2) is 4.98 Å². The minimum atomic E-state index is -6.38. The first-order valence-corrected chi connectivity index (χ1v) is 4.72. The third-order valence-electron chi connectivity index (χ3n) is 2.14. The van der Waals surface area contributed by atoms with E-state index in [-0.39, 0.29) is 0 Å². The Morgan fingerprint density at radius 2 is 0.955 bits per heavy atom. The van der Waals surface area contributed by atoms with Gasteiger partial charge in [-0.3, -0.25) is 0 Å². The molecule has 0 aliphatic heterocycles. The second-order valence-electron chi connectivity index (χ2n) is 3.69. The number of alkyl halides is 12. The van der Waals surface area contributed by atoms with Crippen LogP contribution in [-0.2, 0) is 24.7 Å². The van der Waals surface area contributed by atoms with Gasteiger partial charge >= 0.3 is 24.7 Å². The van der Waals surface area contributed by atoms with Crippen molar-refractivity contribution < 1.29 is 52.7 Å². The summed E-state index contributed by atoms with van der Waals surface area (Å²) in [6.07, 6.45) is -24.5. The van der Waals surface area contributed by atoms with Gasteiger partial charge in [-0.25, -0.2) is 4.98 Å². The summed E-state index contributed by atoms with van der Waals surface area (Å²) >= 11 is 0. The van der Waals surface area contributed by atoms with Gasteiger partial charge in [-0.15, -0.1) is 0 Å². The lowest BCUT2D eigenvalue weighted by atomic mass is 9.99. The predicted molar refractivity (Wildman–Crippen MR) is 43.1 cm³/mol. The highest BCUT2D eigenvalue weighted by Gasteiger charge is 2.55. The summed E-state index contributed by atoms with van der Waals surface area (Å²) in [5.74, 6) is 0. The number of hydrogen-bond acceptors (Lipinski definition) is 1. The predicted octanol–water partition coefficient (Wildman–Crippen LogP) is 4.96. The Morgan fingerprint density at radius 1 is 0.545 bits per heavy atom. The van der Waals surface area contributed by atoms with E-state index < -0.39 is 47.1 Å². The minimum absolute atomic E-state index is 0.356. The van der Waals surface area contributed by atoms with E-state index in [1.807, 2.05) is 0 Å². The van der Waals surface area contributed by atoms with Gasteiger partial charge in [0, 0.05) is 0 Å². The zero-order valence-corrected chi connectivity index (χ0v) is 9.48. The minimum Gasteiger partial charge on any atom is -0.240 e. The second kappa shape index (κ2) is 4.91. The summed E-state index contributed by atoms with van der Waals surface area (Å²) in [7, 11) is 0. The van der Waals surface area contributed by atoms with Gasteiger partial charge in [0.15, 0.2) is 5.69 Å². The quantitative estimate of drug-likeness (QED) is 0.603. The van der Waals surface area contributed by atoms with Gasteiger partial charge in [0.25, 0.3) is 0 Å². The highest BCUT2D eigenvalue weighted by atomic mass is 19.4. The Kier molecular flexibility index (Phi) is 4.10. The fourth-order valence-electron chi connectivity index (χ4n) is 1.44. The lowest BCUT2D eigenvalue weighted by Crippen LogP contribution is -2.28. The molecule has 0 aromatic carbocycles. The molecule has 0 aliphatic rings. The Morgan fingerprint density at radius 3 is 1.23 bits per heavy atom. The van der Waals surface area contributed by atoms with Crippen LogP contribution in [0.2, 0.25) is 0 Å². The largest absolute Gasteiger partial charge is 0.433 e. The normalized spacial score (nSPS) is 14.4. The van der Waals surface area contributed by atoms with Crippen molar-refractivity contribution >= 4 is 0 Å². The monoisotopic (exact) mass is 350 g/mol. The zero-order chi connectivity index (χ0) is 17.7. The molecule has 1 aromatic heterocycles. The molecule has 0 atom stereocenters. The summed E-state index contributed by atoms with van der Waals surface area (Å²) in [5.41, 5.74) is -13.3. The molecule has 1 rings (SSSR count). The van der Waals surface area contributed by atoms with Gasteiger partial charge in [-0.2, -0.15) is 52.7 Å². The van der Waals surface area contributed by atoms with Crippen molar-refractivity contribution in [3.63, 3.8) is 0 Å². The van der Waals surface area contributed by atoms with Crippen LogP contribution < -0.4 is 0 Å². The average Bonchev–Trinajstić information content (AvgIpc) is 2.22. The topological polar surface area (TPSA) is 12.9 Å². The highest BCUT2D eigenvalue weighted by Crippen LogP contribution is 2.49. The van der Waals surface area contributed by atoms with Crippen LogP contribution in [0.1, 0.15) is 22.4 Å². The van der Waals surface area contributed by atoms with E-state index in [0.29, 0.717) is 6.20 Å². The molecule has 0 N–H and O–H groups in total. The van der Waals surface area contributed by atoms with E-state index in [9.17, 15) is 52.7 Å². The van der Waals surface area contributed by atoms with Gasteiger partial charge < -0.3 is 0 Å². The van der Waals surface area contributed by atoms with E-state index in [1.54, 1.807) is 4.98 Å². The van der Waals surface area contributed by atoms with Gasteiger partial charge in [0.1, 0.15) is 6.20 Å². The molecule has 13 heteroatoms. The van der Waals surface area contributed by atoms with Gasteiger partial charge in [-0.1, -0.05) is 0 Å². The van der Waals surface area contributed by atoms with Crippen molar-refractivity contribution in [2.45, 2.75) is 24.7 Å². The summed E-state index contributed by atoms with van der Waals surface area (Å²) in [4.78, 5) is 1.77. The maximum atomic E-state index is 12.5. The van der Waals surface area contributed by atoms with Gasteiger partial charge in [-0.05, 0) is 0 Å². The van der Waals surface area contributed by atoms with Crippen molar-refractivity contribution in [3.05, 3.63) is 28.6 Å². The number of pyridine rings is 1. The zero-order valence-electron chi connectivity index (χ0n) is 9.48. The summed E-state index contributed by atoms with van der Waals surface area (Å²) < 4.78 is 149. The maximum Gasteiger partial charge on any atom is 0.433 e. The van der Waals surface area contributed by atoms with E-state index in [1.165, 1.54) is 0 Å². The van der Waals surface area contributed by atoms with Gasteiger partial charge in [0.05, 0.1) is 16.7 Å². The van der Waals surface area contributed by atoms with Gasteiger partial charge in [0.2, 0.25) is 0 Å². The number of aromatic nitrogens is 1. The van der Waals surface area contributed by atoms with Crippen LogP contribution >= 0.6 is 0 Å². The Labute approximate surface area is 112 Å². The Hall–Kier alpha value is -1.69. The van der Waals surface area contributed by atoms with E-state index in [0.717, 1.165) is 0 Å². The molecule has 0 fully saturated rings. The molecule has 0 amide bonds. The third-order valence-corrected chi connectivity index (χ3v) is 2.14. The molecule has 1 nitrogen and oxygen atoms in total. The first-order chi connectivity index (χ1) is 9.47. The first kappa shape index (κ1) is 18.4. The SMILES string of the molecule is FC(F)(F)c1[c]nc(C(F)(F)F)c(C(F)(F)F)c1C(F)(F)F. The number of halogens is 12. The average molecular weight is 350 g/mol. The summed E-state index contributed by atoms with van der Waals surface area (Å²) in [6.45, 7) is 0. The molecule has 125 valence electrons. The molecular formula is C9F12N. The van der Waals surface area contributed by atoms with E-state index in [4.69, 9.17) is 0 Å². The summed E-state index contributed by atoms with van der Waals surface area (Å²) in [6, 6.07) is 0. The summed E-state index contributed by atoms with van der Waals surface area (Å²) in [5, 5.41) is 0. The van der Waals surface area contributed by atoms with E-state index >= 15 is 0 Å². The third kappa shape index (κ3) is 3.55. The Bertz CT molecular complexity index is 507. The maximum absolute atomic E-state index is 12.5. The second-order valence-corrected chi connectivity index (χ2v) is 3.69. The molecular weight excluding hydrogens is 350 g/mol. The molecule has 0 bridgehead atoms. The molecule has 0 saturated carbocycles. The first-order valence-electron chi connectivity index (χ1n) is 4.72. The molecule has 22 heavy (non-hydrogen) atoms. The molecule has 1 radical (unpaired) electrons. The van der Waals surface area contributed by atoms with Crippen molar-refractivity contribution in [1.29, 1.82) is 0 Å².